The molecule has 1 amide bonds. The number of rotatable bonds is 3. The summed E-state index contributed by atoms with van der Waals surface area (Å²) in [4.78, 5) is 12.5. The summed E-state index contributed by atoms with van der Waals surface area (Å²) >= 11 is 0. The molecule has 1 saturated heterocycles. The molecular weight excluding hydrogens is 156 g/mol. The third kappa shape index (κ3) is 2.37. The Morgan fingerprint density at radius 2 is 2.33 bits per heavy atom. The summed E-state index contributed by atoms with van der Waals surface area (Å²) in [6, 6.07) is 0. The van der Waals surface area contributed by atoms with E-state index >= 15 is 0 Å². The van der Waals surface area contributed by atoms with Gasteiger partial charge in [-0.25, -0.2) is 4.79 Å². The summed E-state index contributed by atoms with van der Waals surface area (Å²) in [6.45, 7) is 2.98. The van der Waals surface area contributed by atoms with Crippen molar-refractivity contribution in [2.45, 2.75) is 6.42 Å². The number of nitrogens with zero attached hydrogens (tertiary/aromatic N) is 1. The molecule has 1 aliphatic heterocycles. The average Bonchev–Trinajstić information content (AvgIpc) is 2.00. The zero-order chi connectivity index (χ0) is 8.97. The molecule has 0 aromatic heterocycles. The van der Waals surface area contributed by atoms with Crippen LogP contribution in [0.2, 0.25) is 0 Å². The number of carbonyl (C=O) groups is 1. The summed E-state index contributed by atoms with van der Waals surface area (Å²) in [5, 5.41) is 3.19. The predicted molar refractivity (Wildman–Crippen MR) is 46.0 cm³/mol. The van der Waals surface area contributed by atoms with Crippen LogP contribution < -0.4 is 5.32 Å². The van der Waals surface area contributed by atoms with Crippen LogP contribution in [-0.4, -0.2) is 44.8 Å². The lowest BCUT2D eigenvalue weighted by molar-refractivity contribution is 0.129. The standard InChI is InChI=1S/C8H16N2O2/c1-10(8(11)12-2)4-3-7-5-9-6-7/h7,9H,3-6H2,1-2H3. The molecule has 0 atom stereocenters. The second-order valence-corrected chi connectivity index (χ2v) is 3.20. The van der Waals surface area contributed by atoms with Gasteiger partial charge in [0.1, 0.15) is 0 Å². The van der Waals surface area contributed by atoms with Gasteiger partial charge < -0.3 is 15.0 Å². The molecule has 1 aliphatic rings. The van der Waals surface area contributed by atoms with Crippen LogP contribution >= 0.6 is 0 Å². The molecule has 1 heterocycles. The monoisotopic (exact) mass is 172 g/mol. The molecule has 0 aromatic carbocycles. The largest absolute Gasteiger partial charge is 0.453 e. The van der Waals surface area contributed by atoms with Crippen molar-refractivity contribution in [2.24, 2.45) is 5.92 Å². The Hall–Kier alpha value is -0.770. The first-order valence-electron chi connectivity index (χ1n) is 4.24. The molecule has 1 fully saturated rings. The maximum atomic E-state index is 10.9. The van der Waals surface area contributed by atoms with E-state index < -0.39 is 0 Å². The van der Waals surface area contributed by atoms with Crippen LogP contribution in [0.4, 0.5) is 4.79 Å². The van der Waals surface area contributed by atoms with Gasteiger partial charge >= 0.3 is 6.09 Å². The molecule has 4 nitrogen and oxygen atoms in total. The van der Waals surface area contributed by atoms with Crippen molar-refractivity contribution in [3.8, 4) is 0 Å². The van der Waals surface area contributed by atoms with E-state index in [0.717, 1.165) is 32.0 Å². The Morgan fingerprint density at radius 1 is 1.67 bits per heavy atom. The third-order valence-corrected chi connectivity index (χ3v) is 2.23. The van der Waals surface area contributed by atoms with E-state index in [1.54, 1.807) is 11.9 Å². The van der Waals surface area contributed by atoms with Crippen LogP contribution in [0, 0.1) is 5.92 Å². The Balaban J connectivity index is 2.08. The highest BCUT2D eigenvalue weighted by molar-refractivity contribution is 5.66. The van der Waals surface area contributed by atoms with Crippen molar-refractivity contribution < 1.29 is 9.53 Å². The topological polar surface area (TPSA) is 41.6 Å². The minimum atomic E-state index is -0.248. The van der Waals surface area contributed by atoms with Crippen LogP contribution in [0.3, 0.4) is 0 Å². The molecule has 0 spiro atoms. The van der Waals surface area contributed by atoms with Gasteiger partial charge in [0.05, 0.1) is 7.11 Å². The number of amides is 1. The zero-order valence-corrected chi connectivity index (χ0v) is 7.67. The van der Waals surface area contributed by atoms with E-state index in [0.29, 0.717) is 0 Å². The first kappa shape index (κ1) is 9.32. The maximum absolute atomic E-state index is 10.9. The maximum Gasteiger partial charge on any atom is 0.409 e. The summed E-state index contributed by atoms with van der Waals surface area (Å²) in [5.74, 6) is 0.747. The minimum Gasteiger partial charge on any atom is -0.453 e. The number of ether oxygens (including phenoxy) is 1. The lowest BCUT2D eigenvalue weighted by atomic mass is 9.99. The highest BCUT2D eigenvalue weighted by atomic mass is 16.5. The van der Waals surface area contributed by atoms with Gasteiger partial charge in [0.15, 0.2) is 0 Å². The minimum absolute atomic E-state index is 0.248. The van der Waals surface area contributed by atoms with Gasteiger partial charge in [0, 0.05) is 13.6 Å². The fourth-order valence-electron chi connectivity index (χ4n) is 1.18. The van der Waals surface area contributed by atoms with Crippen molar-refractivity contribution in [2.75, 3.05) is 33.8 Å². The fourth-order valence-corrected chi connectivity index (χ4v) is 1.18. The number of hydrogen-bond acceptors (Lipinski definition) is 3. The van der Waals surface area contributed by atoms with E-state index in [2.05, 4.69) is 10.1 Å². The first-order chi connectivity index (χ1) is 5.74. The van der Waals surface area contributed by atoms with E-state index in [4.69, 9.17) is 0 Å². The van der Waals surface area contributed by atoms with Crippen molar-refractivity contribution in [1.29, 1.82) is 0 Å². The summed E-state index contributed by atoms with van der Waals surface area (Å²) in [5.41, 5.74) is 0. The van der Waals surface area contributed by atoms with Crippen molar-refractivity contribution >= 4 is 6.09 Å². The molecule has 0 saturated carbocycles. The summed E-state index contributed by atoms with van der Waals surface area (Å²) < 4.78 is 4.57. The number of nitrogens with one attached hydrogen (secondary N) is 1. The van der Waals surface area contributed by atoms with Gasteiger partial charge in [0.25, 0.3) is 0 Å². The number of hydrogen-bond donors (Lipinski definition) is 1. The molecule has 0 unspecified atom stereocenters. The van der Waals surface area contributed by atoms with Gasteiger partial charge in [-0.05, 0) is 25.4 Å². The van der Waals surface area contributed by atoms with Gasteiger partial charge in [-0.3, -0.25) is 0 Å². The van der Waals surface area contributed by atoms with Crippen LogP contribution in [0.5, 0.6) is 0 Å². The quantitative estimate of drug-likeness (QED) is 0.665. The van der Waals surface area contributed by atoms with E-state index in [9.17, 15) is 4.79 Å². The summed E-state index contributed by atoms with van der Waals surface area (Å²) in [7, 11) is 3.17. The molecule has 0 radical (unpaired) electrons. The lowest BCUT2D eigenvalue weighted by Gasteiger charge is -2.28. The van der Waals surface area contributed by atoms with Crippen molar-refractivity contribution in [3.63, 3.8) is 0 Å². The highest BCUT2D eigenvalue weighted by Crippen LogP contribution is 2.08. The third-order valence-electron chi connectivity index (χ3n) is 2.23. The van der Waals surface area contributed by atoms with Gasteiger partial charge in [-0.15, -0.1) is 0 Å². The van der Waals surface area contributed by atoms with Crippen LogP contribution in [0.25, 0.3) is 0 Å². The summed E-state index contributed by atoms with van der Waals surface area (Å²) in [6.07, 6.45) is 0.820. The zero-order valence-electron chi connectivity index (χ0n) is 7.67. The van der Waals surface area contributed by atoms with Gasteiger partial charge in [-0.1, -0.05) is 0 Å². The molecule has 1 N–H and O–H groups in total. The SMILES string of the molecule is COC(=O)N(C)CCC1CNC1. The molecule has 0 bridgehead atoms. The normalized spacial score (nSPS) is 16.8. The van der Waals surface area contributed by atoms with Crippen LogP contribution in [-0.2, 0) is 4.74 Å². The van der Waals surface area contributed by atoms with Gasteiger partial charge in [0.2, 0.25) is 0 Å². The predicted octanol–water partition coefficient (Wildman–Crippen LogP) is 0.294. The number of carbonyl (C=O) groups excluding carboxylic acids is 1. The van der Waals surface area contributed by atoms with Crippen LogP contribution in [0.1, 0.15) is 6.42 Å². The molecule has 4 heteroatoms. The van der Waals surface area contributed by atoms with Gasteiger partial charge in [-0.2, -0.15) is 0 Å². The second-order valence-electron chi connectivity index (χ2n) is 3.20. The lowest BCUT2D eigenvalue weighted by Crippen LogP contribution is -2.43. The highest BCUT2D eigenvalue weighted by Gasteiger charge is 2.18. The molecule has 70 valence electrons. The van der Waals surface area contributed by atoms with Crippen molar-refractivity contribution in [3.05, 3.63) is 0 Å². The van der Waals surface area contributed by atoms with E-state index in [1.165, 1.54) is 7.11 Å². The Labute approximate surface area is 72.9 Å². The average molecular weight is 172 g/mol. The Kier molecular flexibility index (Phi) is 3.34. The Bertz CT molecular complexity index is 157. The number of methoxy groups -OCH3 is 1. The van der Waals surface area contributed by atoms with Crippen molar-refractivity contribution in [1.82, 2.24) is 10.2 Å². The fraction of sp³-hybridized carbons (Fsp3) is 0.875. The van der Waals surface area contributed by atoms with Crippen LogP contribution in [0.15, 0.2) is 0 Å². The van der Waals surface area contributed by atoms with E-state index in [1.807, 2.05) is 0 Å². The van der Waals surface area contributed by atoms with E-state index in [-0.39, 0.29) is 6.09 Å². The molecule has 12 heavy (non-hydrogen) atoms. The molecule has 1 rings (SSSR count). The smallest absolute Gasteiger partial charge is 0.409 e. The molecule has 0 aliphatic carbocycles. The molecular formula is C8H16N2O2. The first-order valence-corrected chi connectivity index (χ1v) is 4.24. The Morgan fingerprint density at radius 3 is 2.75 bits per heavy atom. The molecule has 0 aromatic rings. The second kappa shape index (κ2) is 4.30.